The van der Waals surface area contributed by atoms with Crippen molar-refractivity contribution in [2.75, 3.05) is 6.54 Å². The average Bonchev–Trinajstić information content (AvgIpc) is 3.09. The van der Waals surface area contributed by atoms with Gasteiger partial charge in [0.2, 0.25) is 10.0 Å². The fourth-order valence-electron chi connectivity index (χ4n) is 2.71. The molecule has 2 aliphatic rings. The van der Waals surface area contributed by atoms with E-state index in [0.717, 1.165) is 25.2 Å². The number of rotatable bonds is 6. The summed E-state index contributed by atoms with van der Waals surface area (Å²) in [6.07, 6.45) is 8.22. The van der Waals surface area contributed by atoms with Gasteiger partial charge >= 0.3 is 0 Å². The largest absolute Gasteiger partial charge is 0.351 e. The van der Waals surface area contributed by atoms with Crippen LogP contribution < -0.4 is 10.5 Å². The number of sulfonamides is 1. The molecule has 1 heterocycles. The van der Waals surface area contributed by atoms with Gasteiger partial charge in [-0.1, -0.05) is 19.3 Å². The van der Waals surface area contributed by atoms with Gasteiger partial charge in [0.1, 0.15) is 10.6 Å². The zero-order valence-corrected chi connectivity index (χ0v) is 12.7. The molecular formula is C14H21N3O3S. The molecule has 0 radical (unpaired) electrons. The molecule has 2 saturated carbocycles. The Morgan fingerprint density at radius 2 is 2.05 bits per heavy atom. The van der Waals surface area contributed by atoms with Crippen LogP contribution in [0.1, 0.15) is 55.1 Å². The van der Waals surface area contributed by atoms with Gasteiger partial charge in [0.15, 0.2) is 0 Å². The minimum atomic E-state index is -3.77. The predicted molar refractivity (Wildman–Crippen MR) is 78.4 cm³/mol. The Morgan fingerprint density at radius 1 is 1.33 bits per heavy atom. The van der Waals surface area contributed by atoms with E-state index < -0.39 is 10.0 Å². The summed E-state index contributed by atoms with van der Waals surface area (Å²) in [6.45, 7) is 0.643. The highest BCUT2D eigenvalue weighted by atomic mass is 32.2. The third kappa shape index (κ3) is 3.29. The lowest BCUT2D eigenvalue weighted by molar-refractivity contribution is 0.0939. The first-order valence-corrected chi connectivity index (χ1v) is 9.02. The molecule has 2 fully saturated rings. The van der Waals surface area contributed by atoms with Gasteiger partial charge in [-0.2, -0.15) is 0 Å². The van der Waals surface area contributed by atoms with Crippen LogP contribution in [0.4, 0.5) is 0 Å². The molecule has 21 heavy (non-hydrogen) atoms. The molecule has 2 aliphatic carbocycles. The Labute approximate surface area is 124 Å². The molecule has 0 saturated heterocycles. The summed E-state index contributed by atoms with van der Waals surface area (Å²) in [5.41, 5.74) is 0.398. The van der Waals surface area contributed by atoms with Crippen LogP contribution in [0, 0.1) is 5.92 Å². The average molecular weight is 311 g/mol. The second kappa shape index (κ2) is 5.46. The van der Waals surface area contributed by atoms with Gasteiger partial charge in [-0.05, 0) is 31.2 Å². The van der Waals surface area contributed by atoms with Crippen LogP contribution in [0.15, 0.2) is 17.2 Å². The van der Waals surface area contributed by atoms with Crippen molar-refractivity contribution in [2.45, 2.75) is 49.5 Å². The van der Waals surface area contributed by atoms with Crippen molar-refractivity contribution in [3.63, 3.8) is 0 Å². The standard InChI is InChI=1S/C14H21N3O3S/c15-21(19,20)12-8-13(17(9-12)11-4-5-11)14(18)16-7-6-10-2-1-3-10/h8-11H,1-7H2,(H,16,18)(H2,15,19,20). The highest BCUT2D eigenvalue weighted by molar-refractivity contribution is 7.89. The summed E-state index contributed by atoms with van der Waals surface area (Å²) >= 11 is 0. The first-order valence-electron chi connectivity index (χ1n) is 7.48. The SMILES string of the molecule is NS(=O)(=O)c1cc(C(=O)NCCC2CCC2)n(C2CC2)c1. The highest BCUT2D eigenvalue weighted by Gasteiger charge is 2.29. The van der Waals surface area contributed by atoms with Gasteiger partial charge in [-0.15, -0.1) is 0 Å². The molecule has 1 amide bonds. The van der Waals surface area contributed by atoms with E-state index in [0.29, 0.717) is 12.2 Å². The number of hydrogen-bond donors (Lipinski definition) is 2. The van der Waals surface area contributed by atoms with Crippen LogP contribution in [0.3, 0.4) is 0 Å². The summed E-state index contributed by atoms with van der Waals surface area (Å²) in [6, 6.07) is 1.61. The van der Waals surface area contributed by atoms with Gasteiger partial charge in [-0.25, -0.2) is 13.6 Å². The molecule has 0 spiro atoms. The summed E-state index contributed by atoms with van der Waals surface area (Å²) in [5.74, 6) is 0.525. The molecule has 0 bridgehead atoms. The molecule has 0 aromatic carbocycles. The minimum Gasteiger partial charge on any atom is -0.351 e. The van der Waals surface area contributed by atoms with E-state index in [4.69, 9.17) is 5.14 Å². The number of primary sulfonamides is 1. The van der Waals surface area contributed by atoms with E-state index in [-0.39, 0.29) is 16.8 Å². The van der Waals surface area contributed by atoms with Crippen LogP contribution >= 0.6 is 0 Å². The van der Waals surface area contributed by atoms with Gasteiger partial charge in [0, 0.05) is 18.8 Å². The second-order valence-electron chi connectivity index (χ2n) is 6.09. The van der Waals surface area contributed by atoms with Crippen LogP contribution in [0.2, 0.25) is 0 Å². The van der Waals surface area contributed by atoms with Gasteiger partial charge in [0.05, 0.1) is 0 Å². The summed E-state index contributed by atoms with van der Waals surface area (Å²) in [4.78, 5) is 12.3. The number of carbonyl (C=O) groups is 1. The number of nitrogens with zero attached hydrogens (tertiary/aromatic N) is 1. The van der Waals surface area contributed by atoms with E-state index in [1.54, 1.807) is 4.57 Å². The number of nitrogens with two attached hydrogens (primary N) is 1. The van der Waals surface area contributed by atoms with Crippen molar-refractivity contribution in [1.82, 2.24) is 9.88 Å². The summed E-state index contributed by atoms with van der Waals surface area (Å²) < 4.78 is 24.6. The fourth-order valence-corrected chi connectivity index (χ4v) is 3.24. The Morgan fingerprint density at radius 3 is 2.57 bits per heavy atom. The highest BCUT2D eigenvalue weighted by Crippen LogP contribution is 2.37. The third-order valence-electron chi connectivity index (χ3n) is 4.39. The Bertz CT molecular complexity index is 642. The summed E-state index contributed by atoms with van der Waals surface area (Å²) in [5, 5.41) is 8.04. The summed E-state index contributed by atoms with van der Waals surface area (Å²) in [7, 11) is -3.77. The number of amides is 1. The van der Waals surface area contributed by atoms with E-state index in [1.165, 1.54) is 31.5 Å². The molecule has 3 rings (SSSR count). The zero-order valence-electron chi connectivity index (χ0n) is 11.9. The monoisotopic (exact) mass is 311 g/mol. The lowest BCUT2D eigenvalue weighted by atomic mass is 9.83. The lowest BCUT2D eigenvalue weighted by Gasteiger charge is -2.25. The van der Waals surface area contributed by atoms with E-state index in [1.807, 2.05) is 0 Å². The lowest BCUT2D eigenvalue weighted by Crippen LogP contribution is -2.29. The van der Waals surface area contributed by atoms with Gasteiger partial charge in [-0.3, -0.25) is 4.79 Å². The number of hydrogen-bond acceptors (Lipinski definition) is 3. The Kier molecular flexibility index (Phi) is 3.79. The van der Waals surface area contributed by atoms with Crippen molar-refractivity contribution >= 4 is 15.9 Å². The maximum Gasteiger partial charge on any atom is 0.267 e. The number of carbonyl (C=O) groups excluding carboxylic acids is 1. The predicted octanol–water partition coefficient (Wildman–Crippen LogP) is 1.39. The van der Waals surface area contributed by atoms with Crippen LogP contribution in [-0.4, -0.2) is 25.4 Å². The molecular weight excluding hydrogens is 290 g/mol. The van der Waals surface area contributed by atoms with Crippen LogP contribution in [0.5, 0.6) is 0 Å². The minimum absolute atomic E-state index is 0.0125. The molecule has 0 unspecified atom stereocenters. The zero-order chi connectivity index (χ0) is 15.0. The third-order valence-corrected chi connectivity index (χ3v) is 5.27. The Hall–Kier alpha value is -1.34. The van der Waals surface area contributed by atoms with Crippen molar-refractivity contribution in [3.05, 3.63) is 18.0 Å². The van der Waals surface area contributed by atoms with E-state index >= 15 is 0 Å². The van der Waals surface area contributed by atoms with Crippen molar-refractivity contribution in [2.24, 2.45) is 11.1 Å². The normalized spacial score (nSPS) is 19.3. The molecule has 1 aromatic heterocycles. The van der Waals surface area contributed by atoms with Crippen molar-refractivity contribution in [3.8, 4) is 0 Å². The maximum absolute atomic E-state index is 12.3. The van der Waals surface area contributed by atoms with Gasteiger partial charge < -0.3 is 9.88 Å². The fraction of sp³-hybridized carbons (Fsp3) is 0.643. The molecule has 7 heteroatoms. The first kappa shape index (κ1) is 14.6. The van der Waals surface area contributed by atoms with Crippen LogP contribution in [0.25, 0.3) is 0 Å². The molecule has 0 atom stereocenters. The Balaban J connectivity index is 1.70. The maximum atomic E-state index is 12.3. The molecule has 0 aliphatic heterocycles. The van der Waals surface area contributed by atoms with Gasteiger partial charge in [0.25, 0.3) is 5.91 Å². The smallest absolute Gasteiger partial charge is 0.267 e. The van der Waals surface area contributed by atoms with Crippen molar-refractivity contribution < 1.29 is 13.2 Å². The van der Waals surface area contributed by atoms with Crippen LogP contribution in [-0.2, 0) is 10.0 Å². The molecule has 3 N–H and O–H groups in total. The number of aromatic nitrogens is 1. The quantitative estimate of drug-likeness (QED) is 0.831. The number of nitrogens with one attached hydrogen (secondary N) is 1. The van der Waals surface area contributed by atoms with Crippen molar-refractivity contribution in [1.29, 1.82) is 0 Å². The first-order chi connectivity index (χ1) is 9.95. The second-order valence-corrected chi connectivity index (χ2v) is 7.65. The molecule has 6 nitrogen and oxygen atoms in total. The van der Waals surface area contributed by atoms with E-state index in [2.05, 4.69) is 5.32 Å². The van der Waals surface area contributed by atoms with E-state index in [9.17, 15) is 13.2 Å². The topological polar surface area (TPSA) is 94.2 Å². The molecule has 1 aromatic rings. The molecule has 116 valence electrons.